The van der Waals surface area contributed by atoms with Crippen LogP contribution in [0.4, 0.5) is 11.4 Å². The number of nitrogens with zero attached hydrogens (tertiary/aromatic N) is 2. The Labute approximate surface area is 124 Å². The second-order valence-electron chi connectivity index (χ2n) is 4.58. The molecule has 0 unspecified atom stereocenters. The number of carbonyl (C=O) groups is 1. The van der Waals surface area contributed by atoms with Gasteiger partial charge in [-0.2, -0.15) is 5.26 Å². The maximum Gasteiger partial charge on any atom is 0.243 e. The average Bonchev–Trinajstić information content (AvgIpc) is 2.53. The quantitative estimate of drug-likeness (QED) is 0.884. The van der Waals surface area contributed by atoms with E-state index in [2.05, 4.69) is 11.4 Å². The van der Waals surface area contributed by atoms with E-state index in [0.717, 1.165) is 11.4 Å². The minimum atomic E-state index is -0.0945. The Morgan fingerprint density at radius 2 is 1.67 bits per heavy atom. The molecule has 0 aliphatic heterocycles. The zero-order valence-electron chi connectivity index (χ0n) is 11.7. The molecule has 2 aromatic rings. The predicted molar refractivity (Wildman–Crippen MR) is 84.0 cm³/mol. The second kappa shape index (κ2) is 7.71. The highest BCUT2D eigenvalue weighted by Crippen LogP contribution is 2.14. The van der Waals surface area contributed by atoms with Gasteiger partial charge < -0.3 is 10.2 Å². The summed E-state index contributed by atoms with van der Waals surface area (Å²) in [6, 6.07) is 21.1. The Morgan fingerprint density at radius 3 is 2.29 bits per heavy atom. The molecule has 0 fully saturated rings. The van der Waals surface area contributed by atoms with Gasteiger partial charge in [-0.05, 0) is 24.3 Å². The minimum Gasteiger partial charge on any atom is -0.361 e. The van der Waals surface area contributed by atoms with Gasteiger partial charge in [0.1, 0.15) is 0 Å². The van der Waals surface area contributed by atoms with Crippen LogP contribution in [0.1, 0.15) is 6.42 Å². The van der Waals surface area contributed by atoms with Gasteiger partial charge in [0, 0.05) is 17.9 Å². The molecule has 2 rings (SSSR count). The van der Waals surface area contributed by atoms with Crippen LogP contribution >= 0.6 is 0 Å². The topological polar surface area (TPSA) is 56.1 Å². The Bertz CT molecular complexity index is 605. The second-order valence-corrected chi connectivity index (χ2v) is 4.58. The van der Waals surface area contributed by atoms with Crippen LogP contribution in [0.15, 0.2) is 60.7 Å². The van der Waals surface area contributed by atoms with Gasteiger partial charge in [-0.1, -0.05) is 36.4 Å². The van der Waals surface area contributed by atoms with Gasteiger partial charge in [0.25, 0.3) is 0 Å². The van der Waals surface area contributed by atoms with Crippen LogP contribution < -0.4 is 10.2 Å². The SMILES string of the molecule is N#CCCN(CC(=O)Nc1ccccc1)c1ccccc1. The molecule has 0 aliphatic carbocycles. The predicted octanol–water partition coefficient (Wildman–Crippen LogP) is 3.05. The molecular weight excluding hydrogens is 262 g/mol. The zero-order chi connectivity index (χ0) is 14.9. The first kappa shape index (κ1) is 14.6. The first-order valence-electron chi connectivity index (χ1n) is 6.81. The van der Waals surface area contributed by atoms with Gasteiger partial charge in [-0.3, -0.25) is 4.79 Å². The van der Waals surface area contributed by atoms with Crippen molar-refractivity contribution in [3.05, 3.63) is 60.7 Å². The third-order valence-corrected chi connectivity index (χ3v) is 3.01. The summed E-state index contributed by atoms with van der Waals surface area (Å²) < 4.78 is 0. The van der Waals surface area contributed by atoms with Gasteiger partial charge >= 0.3 is 0 Å². The first-order chi connectivity index (χ1) is 10.3. The highest BCUT2D eigenvalue weighted by atomic mass is 16.2. The lowest BCUT2D eigenvalue weighted by molar-refractivity contribution is -0.115. The number of hydrogen-bond donors (Lipinski definition) is 1. The number of anilines is 2. The van der Waals surface area contributed by atoms with Crippen molar-refractivity contribution < 1.29 is 4.79 Å². The summed E-state index contributed by atoms with van der Waals surface area (Å²) in [5, 5.41) is 11.6. The number of hydrogen-bond acceptors (Lipinski definition) is 3. The maximum absolute atomic E-state index is 12.1. The van der Waals surface area contributed by atoms with Crippen molar-refractivity contribution in [3.8, 4) is 6.07 Å². The standard InChI is InChI=1S/C17H17N3O/c18-12-7-13-20(16-10-5-2-6-11-16)14-17(21)19-15-8-3-1-4-9-15/h1-6,8-11H,7,13-14H2,(H,19,21). The van der Waals surface area contributed by atoms with E-state index in [1.54, 1.807) is 0 Å². The highest BCUT2D eigenvalue weighted by Gasteiger charge is 2.11. The molecule has 0 atom stereocenters. The first-order valence-corrected chi connectivity index (χ1v) is 6.81. The van der Waals surface area contributed by atoms with E-state index in [4.69, 9.17) is 5.26 Å². The van der Waals surface area contributed by atoms with E-state index in [1.807, 2.05) is 65.6 Å². The molecule has 4 heteroatoms. The fraction of sp³-hybridized carbons (Fsp3) is 0.176. The summed E-state index contributed by atoms with van der Waals surface area (Å²) in [4.78, 5) is 14.0. The smallest absolute Gasteiger partial charge is 0.243 e. The van der Waals surface area contributed by atoms with Crippen molar-refractivity contribution in [2.45, 2.75) is 6.42 Å². The van der Waals surface area contributed by atoms with Crippen LogP contribution in [-0.4, -0.2) is 19.0 Å². The summed E-state index contributed by atoms with van der Waals surface area (Å²) in [5.41, 5.74) is 1.71. The number of amides is 1. The third kappa shape index (κ3) is 4.66. The summed E-state index contributed by atoms with van der Waals surface area (Å²) >= 11 is 0. The van der Waals surface area contributed by atoms with E-state index >= 15 is 0 Å². The monoisotopic (exact) mass is 279 g/mol. The molecule has 106 valence electrons. The Morgan fingerprint density at radius 1 is 1.05 bits per heavy atom. The number of benzene rings is 2. The zero-order valence-corrected chi connectivity index (χ0v) is 11.7. The molecule has 0 saturated heterocycles. The molecule has 4 nitrogen and oxygen atoms in total. The maximum atomic E-state index is 12.1. The van der Waals surface area contributed by atoms with Gasteiger partial charge in [0.2, 0.25) is 5.91 Å². The Balaban J connectivity index is 2.01. The van der Waals surface area contributed by atoms with Crippen LogP contribution in [-0.2, 0) is 4.79 Å². The Hall–Kier alpha value is -2.80. The van der Waals surface area contributed by atoms with Crippen LogP contribution in [0.25, 0.3) is 0 Å². The van der Waals surface area contributed by atoms with E-state index in [0.29, 0.717) is 13.0 Å². The molecular formula is C17H17N3O. The van der Waals surface area contributed by atoms with E-state index in [-0.39, 0.29) is 12.5 Å². The van der Waals surface area contributed by atoms with E-state index < -0.39 is 0 Å². The molecule has 0 heterocycles. The van der Waals surface area contributed by atoms with Crippen molar-refractivity contribution in [1.29, 1.82) is 5.26 Å². The van der Waals surface area contributed by atoms with Crippen LogP contribution in [0.2, 0.25) is 0 Å². The molecule has 0 aromatic heterocycles. The van der Waals surface area contributed by atoms with Gasteiger partial charge in [-0.25, -0.2) is 0 Å². The van der Waals surface area contributed by atoms with E-state index in [9.17, 15) is 4.79 Å². The van der Waals surface area contributed by atoms with Crippen molar-refractivity contribution in [2.75, 3.05) is 23.3 Å². The number of nitriles is 1. The Kier molecular flexibility index (Phi) is 5.36. The van der Waals surface area contributed by atoms with Crippen molar-refractivity contribution in [2.24, 2.45) is 0 Å². The number of carbonyl (C=O) groups excluding carboxylic acids is 1. The number of para-hydroxylation sites is 2. The molecule has 21 heavy (non-hydrogen) atoms. The molecule has 2 aromatic carbocycles. The third-order valence-electron chi connectivity index (χ3n) is 3.01. The van der Waals surface area contributed by atoms with Crippen molar-refractivity contribution in [1.82, 2.24) is 0 Å². The minimum absolute atomic E-state index is 0.0945. The molecule has 1 amide bonds. The van der Waals surface area contributed by atoms with Gasteiger partial charge in [0.05, 0.1) is 19.0 Å². The molecule has 0 spiro atoms. The van der Waals surface area contributed by atoms with Gasteiger partial charge in [0.15, 0.2) is 0 Å². The highest BCUT2D eigenvalue weighted by molar-refractivity contribution is 5.94. The largest absolute Gasteiger partial charge is 0.361 e. The lowest BCUT2D eigenvalue weighted by Gasteiger charge is -2.23. The molecule has 1 N–H and O–H groups in total. The van der Waals surface area contributed by atoms with Crippen molar-refractivity contribution >= 4 is 17.3 Å². The molecule has 0 saturated carbocycles. The number of rotatable bonds is 6. The lowest BCUT2D eigenvalue weighted by Crippen LogP contribution is -2.33. The van der Waals surface area contributed by atoms with Crippen LogP contribution in [0, 0.1) is 11.3 Å². The summed E-state index contributed by atoms with van der Waals surface area (Å²) in [7, 11) is 0. The molecule has 0 aliphatic rings. The fourth-order valence-electron chi connectivity index (χ4n) is 2.02. The normalized spacial score (nSPS) is 9.67. The summed E-state index contributed by atoms with van der Waals surface area (Å²) in [6.07, 6.45) is 0.382. The van der Waals surface area contributed by atoms with Crippen LogP contribution in [0.3, 0.4) is 0 Å². The van der Waals surface area contributed by atoms with Gasteiger partial charge in [-0.15, -0.1) is 0 Å². The average molecular weight is 279 g/mol. The molecule has 0 radical (unpaired) electrons. The fourth-order valence-corrected chi connectivity index (χ4v) is 2.02. The summed E-state index contributed by atoms with van der Waals surface area (Å²) in [5.74, 6) is -0.0945. The summed E-state index contributed by atoms with van der Waals surface area (Å²) in [6.45, 7) is 0.753. The molecule has 0 bridgehead atoms. The van der Waals surface area contributed by atoms with Crippen LogP contribution in [0.5, 0.6) is 0 Å². The van der Waals surface area contributed by atoms with E-state index in [1.165, 1.54) is 0 Å². The van der Waals surface area contributed by atoms with Crippen molar-refractivity contribution in [3.63, 3.8) is 0 Å². The number of nitrogens with one attached hydrogen (secondary N) is 1. The lowest BCUT2D eigenvalue weighted by atomic mass is 10.2.